The van der Waals surface area contributed by atoms with Crippen molar-refractivity contribution in [2.45, 2.75) is 13.8 Å². The average Bonchev–Trinajstić information content (AvgIpc) is 2.63. The molecule has 0 radical (unpaired) electrons. The molecule has 0 unspecified atom stereocenters. The second-order valence-corrected chi connectivity index (χ2v) is 4.37. The van der Waals surface area contributed by atoms with E-state index in [0.717, 1.165) is 5.56 Å². The van der Waals surface area contributed by atoms with Crippen LogP contribution < -0.4 is 5.73 Å². The van der Waals surface area contributed by atoms with Gasteiger partial charge in [0.1, 0.15) is 11.5 Å². The van der Waals surface area contributed by atoms with Crippen molar-refractivity contribution >= 4 is 21.6 Å². The Morgan fingerprint density at radius 1 is 1.38 bits per heavy atom. The van der Waals surface area contributed by atoms with Crippen molar-refractivity contribution in [1.29, 1.82) is 0 Å². The Hall–Kier alpha value is -1.43. The summed E-state index contributed by atoms with van der Waals surface area (Å²) >= 11 is 3.29. The number of aryl methyl sites for hydroxylation is 1. The molecule has 1 aromatic carbocycles. The van der Waals surface area contributed by atoms with Crippen LogP contribution in [0.25, 0.3) is 11.3 Å². The van der Waals surface area contributed by atoms with Crippen molar-refractivity contribution in [2.75, 3.05) is 5.73 Å². The van der Waals surface area contributed by atoms with Crippen molar-refractivity contribution in [3.8, 4) is 11.3 Å². The third-order valence-electron chi connectivity index (χ3n) is 2.47. The summed E-state index contributed by atoms with van der Waals surface area (Å²) in [6.45, 7) is 3.64. The third kappa shape index (κ3) is 1.59. The summed E-state index contributed by atoms with van der Waals surface area (Å²) in [6, 6.07) is 1.35. The number of nitrogens with zero attached hydrogens (tertiary/aromatic N) is 2. The van der Waals surface area contributed by atoms with Crippen LogP contribution in [0, 0.1) is 19.7 Å². The fraction of sp³-hybridized carbons (Fsp3) is 0.200. The van der Waals surface area contributed by atoms with E-state index in [1.165, 1.54) is 6.07 Å². The number of benzene rings is 1. The van der Waals surface area contributed by atoms with E-state index in [4.69, 9.17) is 5.73 Å². The molecule has 0 aliphatic rings. The summed E-state index contributed by atoms with van der Waals surface area (Å²) in [5.41, 5.74) is 8.52. The SMILES string of the molecule is Cc1n[nH]nc1-c1c(C)c(Br)cc(F)c1N. The van der Waals surface area contributed by atoms with Crippen molar-refractivity contribution in [2.24, 2.45) is 0 Å². The van der Waals surface area contributed by atoms with Crippen LogP contribution in [-0.4, -0.2) is 15.4 Å². The Morgan fingerprint density at radius 3 is 2.62 bits per heavy atom. The maximum atomic E-state index is 13.5. The van der Waals surface area contributed by atoms with Gasteiger partial charge in [-0.15, -0.1) is 0 Å². The number of halogens is 2. The van der Waals surface area contributed by atoms with Gasteiger partial charge in [-0.05, 0) is 25.5 Å². The minimum absolute atomic E-state index is 0.0951. The second kappa shape index (κ2) is 3.86. The molecule has 16 heavy (non-hydrogen) atoms. The predicted molar refractivity (Wildman–Crippen MR) is 63.4 cm³/mol. The highest BCUT2D eigenvalue weighted by atomic mass is 79.9. The van der Waals surface area contributed by atoms with Gasteiger partial charge in [-0.3, -0.25) is 0 Å². The van der Waals surface area contributed by atoms with Crippen LogP contribution >= 0.6 is 15.9 Å². The monoisotopic (exact) mass is 284 g/mol. The molecule has 0 saturated heterocycles. The number of hydrogen-bond donors (Lipinski definition) is 2. The first-order valence-electron chi connectivity index (χ1n) is 4.64. The molecule has 1 heterocycles. The first-order valence-corrected chi connectivity index (χ1v) is 5.43. The minimum atomic E-state index is -0.463. The quantitative estimate of drug-likeness (QED) is 0.791. The molecule has 0 fully saturated rings. The standard InChI is InChI=1S/C10H10BrFN4/c1-4-6(11)3-7(12)9(13)8(4)10-5(2)14-16-15-10/h3H,13H2,1-2H3,(H,14,15,16). The smallest absolute Gasteiger partial charge is 0.147 e. The van der Waals surface area contributed by atoms with Crippen LogP contribution in [0.4, 0.5) is 10.1 Å². The van der Waals surface area contributed by atoms with Gasteiger partial charge in [-0.2, -0.15) is 15.4 Å². The molecule has 0 aliphatic heterocycles. The summed E-state index contributed by atoms with van der Waals surface area (Å²) in [4.78, 5) is 0. The van der Waals surface area contributed by atoms with E-state index in [1.54, 1.807) is 6.92 Å². The van der Waals surface area contributed by atoms with Crippen LogP contribution in [0.5, 0.6) is 0 Å². The Bertz CT molecular complexity index is 524. The topological polar surface area (TPSA) is 67.6 Å². The molecule has 0 bridgehead atoms. The van der Waals surface area contributed by atoms with E-state index in [1.807, 2.05) is 6.92 Å². The molecule has 1 aromatic heterocycles. The van der Waals surface area contributed by atoms with Gasteiger partial charge in [0.05, 0.1) is 11.4 Å². The molecule has 6 heteroatoms. The molecule has 0 spiro atoms. The molecule has 0 amide bonds. The Balaban J connectivity index is 2.79. The number of nitrogen functional groups attached to an aromatic ring is 1. The fourth-order valence-electron chi connectivity index (χ4n) is 1.56. The maximum Gasteiger partial charge on any atom is 0.147 e. The van der Waals surface area contributed by atoms with Crippen molar-refractivity contribution in [3.63, 3.8) is 0 Å². The van der Waals surface area contributed by atoms with Gasteiger partial charge in [0, 0.05) is 10.0 Å². The van der Waals surface area contributed by atoms with Gasteiger partial charge in [0.2, 0.25) is 0 Å². The lowest BCUT2D eigenvalue weighted by atomic mass is 10.0. The van der Waals surface area contributed by atoms with E-state index in [0.29, 0.717) is 21.4 Å². The highest BCUT2D eigenvalue weighted by Gasteiger charge is 2.17. The molecular formula is C10H10BrFN4. The van der Waals surface area contributed by atoms with E-state index in [-0.39, 0.29) is 5.69 Å². The lowest BCUT2D eigenvalue weighted by Crippen LogP contribution is -1.99. The lowest BCUT2D eigenvalue weighted by molar-refractivity contribution is 0.631. The highest BCUT2D eigenvalue weighted by Crippen LogP contribution is 2.35. The van der Waals surface area contributed by atoms with Crippen molar-refractivity contribution < 1.29 is 4.39 Å². The number of hydrogen-bond acceptors (Lipinski definition) is 3. The second-order valence-electron chi connectivity index (χ2n) is 3.51. The molecule has 0 atom stereocenters. The van der Waals surface area contributed by atoms with E-state index in [2.05, 4.69) is 31.3 Å². The predicted octanol–water partition coefficient (Wildman–Crippen LogP) is 2.57. The molecule has 0 aliphatic carbocycles. The van der Waals surface area contributed by atoms with Gasteiger partial charge in [-0.1, -0.05) is 15.9 Å². The first kappa shape index (κ1) is 11.1. The Morgan fingerprint density at radius 2 is 2.06 bits per heavy atom. The molecular weight excluding hydrogens is 275 g/mol. The van der Waals surface area contributed by atoms with Gasteiger partial charge in [0.25, 0.3) is 0 Å². The van der Waals surface area contributed by atoms with Gasteiger partial charge in [-0.25, -0.2) is 4.39 Å². The highest BCUT2D eigenvalue weighted by molar-refractivity contribution is 9.10. The summed E-state index contributed by atoms with van der Waals surface area (Å²) < 4.78 is 14.2. The molecule has 84 valence electrons. The van der Waals surface area contributed by atoms with Crippen LogP contribution in [0.1, 0.15) is 11.3 Å². The number of nitrogens with two attached hydrogens (primary N) is 1. The van der Waals surface area contributed by atoms with Crippen LogP contribution in [-0.2, 0) is 0 Å². The van der Waals surface area contributed by atoms with E-state index >= 15 is 0 Å². The van der Waals surface area contributed by atoms with Crippen LogP contribution in [0.15, 0.2) is 10.5 Å². The molecule has 2 rings (SSSR count). The number of rotatable bonds is 1. The fourth-order valence-corrected chi connectivity index (χ4v) is 1.96. The number of aromatic amines is 1. The summed E-state index contributed by atoms with van der Waals surface area (Å²) in [6.07, 6.45) is 0. The molecule has 2 aromatic rings. The van der Waals surface area contributed by atoms with Crippen molar-refractivity contribution in [1.82, 2.24) is 15.4 Å². The van der Waals surface area contributed by atoms with Crippen LogP contribution in [0.2, 0.25) is 0 Å². The van der Waals surface area contributed by atoms with Crippen LogP contribution in [0.3, 0.4) is 0 Å². The third-order valence-corrected chi connectivity index (χ3v) is 3.30. The minimum Gasteiger partial charge on any atom is -0.396 e. The van der Waals surface area contributed by atoms with Gasteiger partial charge in [0.15, 0.2) is 0 Å². The molecule has 3 N–H and O–H groups in total. The van der Waals surface area contributed by atoms with E-state index < -0.39 is 5.82 Å². The van der Waals surface area contributed by atoms with Crippen molar-refractivity contribution in [3.05, 3.63) is 27.6 Å². The summed E-state index contributed by atoms with van der Waals surface area (Å²) in [7, 11) is 0. The molecule has 4 nitrogen and oxygen atoms in total. The summed E-state index contributed by atoms with van der Waals surface area (Å²) in [5.74, 6) is -0.463. The largest absolute Gasteiger partial charge is 0.396 e. The number of nitrogens with one attached hydrogen (secondary N) is 1. The zero-order valence-corrected chi connectivity index (χ0v) is 10.4. The first-order chi connectivity index (χ1) is 7.52. The van der Waals surface area contributed by atoms with Gasteiger partial charge < -0.3 is 5.73 Å². The number of anilines is 1. The average molecular weight is 285 g/mol. The molecule has 0 saturated carbocycles. The maximum absolute atomic E-state index is 13.5. The number of H-pyrrole nitrogens is 1. The number of aromatic nitrogens is 3. The Kier molecular flexibility index (Phi) is 2.67. The normalized spacial score (nSPS) is 10.8. The summed E-state index contributed by atoms with van der Waals surface area (Å²) in [5, 5.41) is 10.4. The van der Waals surface area contributed by atoms with Gasteiger partial charge >= 0.3 is 0 Å². The zero-order valence-electron chi connectivity index (χ0n) is 8.81. The Labute approximate surface area is 100 Å². The van der Waals surface area contributed by atoms with E-state index in [9.17, 15) is 4.39 Å². The zero-order chi connectivity index (χ0) is 11.9. The lowest BCUT2D eigenvalue weighted by Gasteiger charge is -2.10.